The number of amides is 2. The first-order chi connectivity index (χ1) is 17.0. The second-order valence-electron chi connectivity index (χ2n) is 8.52. The molecule has 36 heavy (non-hydrogen) atoms. The second kappa shape index (κ2) is 10.2. The van der Waals surface area contributed by atoms with Crippen LogP contribution in [0.3, 0.4) is 0 Å². The minimum Gasteiger partial charge on any atom is -0.437 e. The van der Waals surface area contributed by atoms with Crippen molar-refractivity contribution in [2.75, 3.05) is 10.6 Å². The van der Waals surface area contributed by atoms with Crippen LogP contribution in [0.25, 0.3) is 10.3 Å². The van der Waals surface area contributed by atoms with Crippen LogP contribution in [0.1, 0.15) is 43.1 Å². The molecular formula is C25H23ClFN5O3S. The van der Waals surface area contributed by atoms with E-state index < -0.39 is 17.3 Å². The zero-order chi connectivity index (χ0) is 26.0. The third-order valence-corrected chi connectivity index (χ3v) is 6.33. The largest absolute Gasteiger partial charge is 0.437 e. The molecule has 0 spiro atoms. The van der Waals surface area contributed by atoms with Crippen LogP contribution in [0.15, 0.2) is 48.5 Å². The normalized spacial score (nSPS) is 11.4. The summed E-state index contributed by atoms with van der Waals surface area (Å²) in [5, 5.41) is 5.67. The molecule has 0 bridgehead atoms. The summed E-state index contributed by atoms with van der Waals surface area (Å²) in [6.45, 7) is 5.40. The first-order valence-corrected chi connectivity index (χ1v) is 12.2. The molecule has 0 atom stereocenters. The summed E-state index contributed by atoms with van der Waals surface area (Å²) < 4.78 is 20.4. The minimum absolute atomic E-state index is 0.000484. The first-order valence-electron chi connectivity index (χ1n) is 11.0. The lowest BCUT2D eigenvalue weighted by molar-refractivity contribution is -0.115. The first kappa shape index (κ1) is 25.5. The Morgan fingerprint density at radius 3 is 2.64 bits per heavy atom. The molecule has 0 radical (unpaired) electrons. The lowest BCUT2D eigenvalue weighted by Crippen LogP contribution is -2.29. The molecule has 11 heteroatoms. The fraction of sp³-hybridized carbons (Fsp3) is 0.200. The van der Waals surface area contributed by atoms with Gasteiger partial charge in [0.25, 0.3) is 5.91 Å². The number of rotatable bonds is 7. The number of benzene rings is 2. The maximum absolute atomic E-state index is 14.6. The quantitative estimate of drug-likeness (QED) is 0.268. The van der Waals surface area contributed by atoms with Crippen molar-refractivity contribution < 1.29 is 18.7 Å². The monoisotopic (exact) mass is 527 g/mol. The van der Waals surface area contributed by atoms with Gasteiger partial charge in [0.15, 0.2) is 5.13 Å². The number of thiazole rings is 1. The molecule has 0 saturated carbocycles. The van der Waals surface area contributed by atoms with Gasteiger partial charge in [-0.3, -0.25) is 9.59 Å². The zero-order valence-corrected chi connectivity index (χ0v) is 21.3. The molecule has 0 saturated heterocycles. The van der Waals surface area contributed by atoms with E-state index in [2.05, 4.69) is 20.6 Å². The van der Waals surface area contributed by atoms with E-state index >= 15 is 0 Å². The number of nitrogens with two attached hydrogens (primary N) is 1. The summed E-state index contributed by atoms with van der Waals surface area (Å²) in [5.74, 6) is -1.11. The maximum atomic E-state index is 14.6. The summed E-state index contributed by atoms with van der Waals surface area (Å²) in [6, 6.07) is 12.4. The summed E-state index contributed by atoms with van der Waals surface area (Å²) in [4.78, 5) is 33.7. The number of nitrogens with one attached hydrogen (secondary N) is 2. The predicted molar refractivity (Wildman–Crippen MR) is 139 cm³/mol. The predicted octanol–water partition coefficient (Wildman–Crippen LogP) is 6.07. The van der Waals surface area contributed by atoms with Gasteiger partial charge in [-0.2, -0.15) is 0 Å². The van der Waals surface area contributed by atoms with Crippen LogP contribution in [-0.2, 0) is 10.3 Å². The maximum Gasteiger partial charge on any atom is 0.255 e. The number of hydrogen-bond donors (Lipinski definition) is 3. The summed E-state index contributed by atoms with van der Waals surface area (Å²) in [5.41, 5.74) is 7.04. The van der Waals surface area contributed by atoms with E-state index in [1.165, 1.54) is 17.4 Å². The summed E-state index contributed by atoms with van der Waals surface area (Å²) >= 11 is 7.39. The van der Waals surface area contributed by atoms with Crippen LogP contribution in [-0.4, -0.2) is 21.8 Å². The molecule has 186 valence electrons. The van der Waals surface area contributed by atoms with Gasteiger partial charge in [-0.15, -0.1) is 0 Å². The van der Waals surface area contributed by atoms with E-state index in [0.29, 0.717) is 27.5 Å². The third kappa shape index (κ3) is 5.78. The Bertz CT molecular complexity index is 1470. The Morgan fingerprint density at radius 2 is 1.92 bits per heavy atom. The molecule has 4 rings (SSSR count). The number of ether oxygens (including phenoxy) is 1. The van der Waals surface area contributed by atoms with Crippen LogP contribution in [0.4, 0.5) is 15.2 Å². The number of anilines is 2. The number of carbonyl (C=O) groups is 2. The smallest absolute Gasteiger partial charge is 0.255 e. The van der Waals surface area contributed by atoms with Crippen LogP contribution in [0.5, 0.6) is 11.6 Å². The van der Waals surface area contributed by atoms with Crippen molar-refractivity contribution in [3.63, 3.8) is 0 Å². The van der Waals surface area contributed by atoms with Gasteiger partial charge in [-0.25, -0.2) is 14.4 Å². The van der Waals surface area contributed by atoms with Gasteiger partial charge in [-0.05, 0) is 43.7 Å². The second-order valence-corrected chi connectivity index (χ2v) is 9.90. The van der Waals surface area contributed by atoms with Crippen molar-refractivity contribution in [2.45, 2.75) is 32.7 Å². The number of nitrogens with zero attached hydrogens (tertiary/aromatic N) is 2. The summed E-state index contributed by atoms with van der Waals surface area (Å²) in [6.07, 6.45) is 0.329. The van der Waals surface area contributed by atoms with Crippen molar-refractivity contribution >= 4 is 55.9 Å². The van der Waals surface area contributed by atoms with Gasteiger partial charge >= 0.3 is 0 Å². The fourth-order valence-corrected chi connectivity index (χ4v) is 4.22. The van der Waals surface area contributed by atoms with E-state index in [0.717, 1.165) is 11.6 Å². The van der Waals surface area contributed by atoms with Crippen molar-refractivity contribution in [3.8, 4) is 11.6 Å². The average molecular weight is 528 g/mol. The highest BCUT2D eigenvalue weighted by Crippen LogP contribution is 2.35. The van der Waals surface area contributed by atoms with Crippen molar-refractivity contribution in [3.05, 3.63) is 70.5 Å². The molecule has 2 amide bonds. The number of halogens is 2. The highest BCUT2D eigenvalue weighted by molar-refractivity contribution is 7.21. The van der Waals surface area contributed by atoms with Gasteiger partial charge in [0.2, 0.25) is 11.8 Å². The molecule has 2 aromatic carbocycles. The molecule has 4 N–H and O–H groups in total. The van der Waals surface area contributed by atoms with E-state index in [1.54, 1.807) is 37.3 Å². The highest BCUT2D eigenvalue weighted by Gasteiger charge is 2.18. The van der Waals surface area contributed by atoms with Crippen molar-refractivity contribution in [2.24, 2.45) is 5.73 Å². The molecule has 2 heterocycles. The average Bonchev–Trinajstić information content (AvgIpc) is 3.23. The van der Waals surface area contributed by atoms with Gasteiger partial charge in [0.1, 0.15) is 21.9 Å². The van der Waals surface area contributed by atoms with E-state index in [4.69, 9.17) is 22.1 Å². The molecule has 0 aliphatic carbocycles. The molecule has 0 fully saturated rings. The van der Waals surface area contributed by atoms with Crippen LogP contribution in [0.2, 0.25) is 5.02 Å². The third-order valence-electron chi connectivity index (χ3n) is 5.15. The Kier molecular flexibility index (Phi) is 7.21. The Balaban J connectivity index is 1.56. The van der Waals surface area contributed by atoms with Gasteiger partial charge in [0.05, 0.1) is 10.7 Å². The van der Waals surface area contributed by atoms with Gasteiger partial charge < -0.3 is 21.1 Å². The van der Waals surface area contributed by atoms with Gasteiger partial charge in [-0.1, -0.05) is 42.0 Å². The molecule has 0 aliphatic rings. The molecule has 4 aromatic rings. The molecule has 0 aliphatic heterocycles. The van der Waals surface area contributed by atoms with Crippen molar-refractivity contribution in [1.82, 2.24) is 9.97 Å². The Labute approximate surface area is 215 Å². The Hall–Kier alpha value is -3.60. The topological polar surface area (TPSA) is 119 Å². The lowest BCUT2D eigenvalue weighted by atomic mass is 9.94. The number of aromatic nitrogens is 2. The van der Waals surface area contributed by atoms with Crippen LogP contribution < -0.4 is 21.1 Å². The van der Waals surface area contributed by atoms with Crippen molar-refractivity contribution in [1.29, 1.82) is 0 Å². The lowest BCUT2D eigenvalue weighted by Gasteiger charge is -2.19. The number of hydrogen-bond acceptors (Lipinski definition) is 7. The van der Waals surface area contributed by atoms with Crippen LogP contribution >= 0.6 is 22.9 Å². The van der Waals surface area contributed by atoms with E-state index in [-0.39, 0.29) is 28.2 Å². The minimum atomic E-state index is -0.724. The molecule has 0 unspecified atom stereocenters. The standard InChI is InChI=1S/C25H23ClFN5O3S/c1-4-20(33)31-24-30-17-8-9-21(32-23(17)36-24)35-19-12-18(16(27)11-15(19)26)29-22(34)13-6-5-7-14(10-13)25(2,3)28/h5-12H,4,28H2,1-3H3,(H,29,34)(H,30,31,33). The molecule has 8 nitrogen and oxygen atoms in total. The summed E-state index contributed by atoms with van der Waals surface area (Å²) in [7, 11) is 0. The van der Waals surface area contributed by atoms with E-state index in [9.17, 15) is 14.0 Å². The van der Waals surface area contributed by atoms with Crippen LogP contribution in [0, 0.1) is 5.82 Å². The molecule has 2 aromatic heterocycles. The number of carbonyl (C=O) groups excluding carboxylic acids is 2. The number of pyridine rings is 1. The molecular weight excluding hydrogens is 505 g/mol. The number of fused-ring (bicyclic) bond motifs is 1. The fourth-order valence-electron chi connectivity index (χ4n) is 3.19. The zero-order valence-electron chi connectivity index (χ0n) is 19.7. The highest BCUT2D eigenvalue weighted by atomic mass is 35.5. The Morgan fingerprint density at radius 1 is 1.14 bits per heavy atom. The van der Waals surface area contributed by atoms with Gasteiger partial charge in [0, 0.05) is 29.7 Å². The SMILES string of the molecule is CCC(=O)Nc1nc2ccc(Oc3cc(NC(=O)c4cccc(C(C)(C)N)c4)c(F)cc3Cl)nc2s1. The van der Waals surface area contributed by atoms with E-state index in [1.807, 2.05) is 19.9 Å².